The molecule has 0 radical (unpaired) electrons. The van der Waals surface area contributed by atoms with Gasteiger partial charge in [-0.3, -0.25) is 0 Å². The third-order valence-electron chi connectivity index (χ3n) is 3.18. The van der Waals surface area contributed by atoms with Crippen molar-refractivity contribution in [1.82, 2.24) is 9.78 Å². The topological polar surface area (TPSA) is 38.0 Å². The zero-order valence-electron chi connectivity index (χ0n) is 10.7. The van der Waals surface area contributed by atoms with Crippen molar-refractivity contribution >= 4 is 10.9 Å². The van der Waals surface area contributed by atoms with Crippen LogP contribution in [0.4, 0.5) is 13.2 Å². The summed E-state index contributed by atoms with van der Waals surface area (Å²) in [6, 6.07) is 13.3. The molecular formula is C15H11F3N2O. The second kappa shape index (κ2) is 4.89. The van der Waals surface area contributed by atoms with Gasteiger partial charge in [-0.15, -0.1) is 0 Å². The largest absolute Gasteiger partial charge is 0.418 e. The van der Waals surface area contributed by atoms with Gasteiger partial charge in [0.25, 0.3) is 0 Å². The number of hydrogen-bond acceptors (Lipinski definition) is 2. The van der Waals surface area contributed by atoms with Crippen LogP contribution in [0, 0.1) is 0 Å². The molecule has 3 aromatic rings. The molecule has 1 aromatic heterocycles. The Kier molecular flexibility index (Phi) is 3.17. The van der Waals surface area contributed by atoms with Crippen LogP contribution in [0.5, 0.6) is 0 Å². The van der Waals surface area contributed by atoms with Crippen LogP contribution in [0.15, 0.2) is 54.7 Å². The molecule has 0 saturated carbocycles. The highest BCUT2D eigenvalue weighted by Gasteiger charge is 2.39. The maximum Gasteiger partial charge on any atom is 0.418 e. The molecule has 3 rings (SSSR count). The summed E-state index contributed by atoms with van der Waals surface area (Å²) in [5.41, 5.74) is 1.000. The highest BCUT2D eigenvalue weighted by molar-refractivity contribution is 5.79. The third kappa shape index (κ3) is 2.62. The van der Waals surface area contributed by atoms with Gasteiger partial charge in [0, 0.05) is 11.6 Å². The minimum atomic E-state index is -4.68. The first-order valence-electron chi connectivity index (χ1n) is 6.25. The first-order chi connectivity index (χ1) is 9.95. The molecule has 0 aliphatic rings. The summed E-state index contributed by atoms with van der Waals surface area (Å²) in [7, 11) is 0. The summed E-state index contributed by atoms with van der Waals surface area (Å²) in [6.07, 6.45) is -5.45. The highest BCUT2D eigenvalue weighted by Crippen LogP contribution is 2.33. The molecule has 0 aliphatic heterocycles. The number of aliphatic hydroxyl groups excluding tert-OH is 1. The van der Waals surface area contributed by atoms with Gasteiger partial charge in [-0.2, -0.15) is 18.3 Å². The van der Waals surface area contributed by atoms with E-state index >= 15 is 0 Å². The van der Waals surface area contributed by atoms with Crippen LogP contribution in [0.2, 0.25) is 0 Å². The standard InChI is InChI=1S/C15H11F3N2O/c16-15(17,18)14(21)10-6-7-11-9-20(19-13(11)8-10)12-4-2-1-3-5-12/h1-9,14,21H/t14-/m0/s1. The van der Waals surface area contributed by atoms with Crippen LogP contribution >= 0.6 is 0 Å². The van der Waals surface area contributed by atoms with Crippen molar-refractivity contribution in [3.63, 3.8) is 0 Å². The van der Waals surface area contributed by atoms with Gasteiger partial charge >= 0.3 is 6.18 Å². The van der Waals surface area contributed by atoms with E-state index in [9.17, 15) is 18.3 Å². The minimum absolute atomic E-state index is 0.215. The van der Waals surface area contributed by atoms with Crippen LogP contribution in [-0.4, -0.2) is 21.1 Å². The quantitative estimate of drug-likeness (QED) is 0.783. The monoisotopic (exact) mass is 292 g/mol. The van der Waals surface area contributed by atoms with Crippen LogP contribution in [0.1, 0.15) is 11.7 Å². The van der Waals surface area contributed by atoms with Crippen LogP contribution in [0.3, 0.4) is 0 Å². The van der Waals surface area contributed by atoms with E-state index in [0.29, 0.717) is 10.9 Å². The van der Waals surface area contributed by atoms with E-state index in [1.54, 1.807) is 10.9 Å². The van der Waals surface area contributed by atoms with Crippen molar-refractivity contribution in [3.8, 4) is 5.69 Å². The normalized spacial score (nSPS) is 13.5. The average molecular weight is 292 g/mol. The van der Waals surface area contributed by atoms with E-state index < -0.39 is 12.3 Å². The summed E-state index contributed by atoms with van der Waals surface area (Å²) >= 11 is 0. The second-order valence-corrected chi connectivity index (χ2v) is 4.67. The van der Waals surface area contributed by atoms with Crippen molar-refractivity contribution < 1.29 is 18.3 Å². The molecule has 2 aromatic carbocycles. The van der Waals surface area contributed by atoms with Crippen molar-refractivity contribution in [2.24, 2.45) is 0 Å². The van der Waals surface area contributed by atoms with Crippen LogP contribution < -0.4 is 0 Å². The Hall–Kier alpha value is -2.34. The lowest BCUT2D eigenvalue weighted by molar-refractivity contribution is -0.206. The Bertz CT molecular complexity index is 765. The molecule has 1 atom stereocenters. The summed E-state index contributed by atoms with van der Waals surface area (Å²) in [5, 5.41) is 14.2. The number of fused-ring (bicyclic) bond motifs is 1. The van der Waals surface area contributed by atoms with E-state index in [1.165, 1.54) is 18.2 Å². The van der Waals surface area contributed by atoms with Gasteiger partial charge in [-0.05, 0) is 23.8 Å². The SMILES string of the molecule is O[C@@H](c1ccc2cn(-c3ccccc3)nc2c1)C(F)(F)F. The van der Waals surface area contributed by atoms with Crippen molar-refractivity contribution in [2.75, 3.05) is 0 Å². The molecule has 1 N–H and O–H groups in total. The summed E-state index contributed by atoms with van der Waals surface area (Å²) in [6.45, 7) is 0. The Labute approximate surface area is 118 Å². The van der Waals surface area contributed by atoms with Crippen molar-refractivity contribution in [3.05, 3.63) is 60.3 Å². The molecule has 1 heterocycles. The van der Waals surface area contributed by atoms with E-state index in [-0.39, 0.29) is 5.56 Å². The smallest absolute Gasteiger partial charge is 0.379 e. The zero-order chi connectivity index (χ0) is 15.0. The molecule has 0 bridgehead atoms. The van der Waals surface area contributed by atoms with Crippen LogP contribution in [0.25, 0.3) is 16.6 Å². The molecule has 0 amide bonds. The van der Waals surface area contributed by atoms with Gasteiger partial charge in [0.1, 0.15) is 0 Å². The lowest BCUT2D eigenvalue weighted by atomic mass is 10.1. The Balaban J connectivity index is 2.04. The number of aromatic nitrogens is 2. The van der Waals surface area contributed by atoms with Crippen molar-refractivity contribution in [1.29, 1.82) is 0 Å². The first-order valence-corrected chi connectivity index (χ1v) is 6.25. The van der Waals surface area contributed by atoms with Gasteiger partial charge in [0.15, 0.2) is 6.10 Å². The van der Waals surface area contributed by atoms with Crippen LogP contribution in [-0.2, 0) is 0 Å². The van der Waals surface area contributed by atoms with Crippen molar-refractivity contribution in [2.45, 2.75) is 12.3 Å². The average Bonchev–Trinajstić information content (AvgIpc) is 2.89. The maximum absolute atomic E-state index is 12.5. The molecule has 0 spiro atoms. The lowest BCUT2D eigenvalue weighted by Crippen LogP contribution is -2.20. The maximum atomic E-state index is 12.5. The van der Waals surface area contributed by atoms with Gasteiger partial charge in [-0.25, -0.2) is 4.68 Å². The lowest BCUT2D eigenvalue weighted by Gasteiger charge is -2.14. The van der Waals surface area contributed by atoms with E-state index in [2.05, 4.69) is 5.10 Å². The number of nitrogens with zero attached hydrogens (tertiary/aromatic N) is 2. The van der Waals surface area contributed by atoms with E-state index in [0.717, 1.165) is 5.69 Å². The van der Waals surface area contributed by atoms with Gasteiger partial charge in [0.05, 0.1) is 11.2 Å². The fourth-order valence-corrected chi connectivity index (χ4v) is 2.11. The number of para-hydroxylation sites is 1. The zero-order valence-corrected chi connectivity index (χ0v) is 10.7. The van der Waals surface area contributed by atoms with Gasteiger partial charge in [-0.1, -0.05) is 30.3 Å². The molecule has 21 heavy (non-hydrogen) atoms. The highest BCUT2D eigenvalue weighted by atomic mass is 19.4. The Morgan fingerprint density at radius 2 is 1.76 bits per heavy atom. The fraction of sp³-hybridized carbons (Fsp3) is 0.133. The molecular weight excluding hydrogens is 281 g/mol. The van der Waals surface area contributed by atoms with Gasteiger partial charge < -0.3 is 5.11 Å². The number of aliphatic hydroxyl groups is 1. The summed E-state index contributed by atoms with van der Waals surface area (Å²) in [4.78, 5) is 0. The molecule has 0 fully saturated rings. The molecule has 3 nitrogen and oxygen atoms in total. The first kappa shape index (κ1) is 13.6. The number of alkyl halides is 3. The molecule has 0 aliphatic carbocycles. The molecule has 0 saturated heterocycles. The van der Waals surface area contributed by atoms with Gasteiger partial charge in [0.2, 0.25) is 0 Å². The minimum Gasteiger partial charge on any atom is -0.379 e. The Morgan fingerprint density at radius 1 is 1.05 bits per heavy atom. The summed E-state index contributed by atoms with van der Waals surface area (Å²) in [5.74, 6) is 0. The fourth-order valence-electron chi connectivity index (χ4n) is 2.11. The number of rotatable bonds is 2. The van der Waals surface area contributed by atoms with E-state index in [4.69, 9.17) is 0 Å². The number of benzene rings is 2. The second-order valence-electron chi connectivity index (χ2n) is 4.67. The summed E-state index contributed by atoms with van der Waals surface area (Å²) < 4.78 is 39.2. The molecule has 0 unspecified atom stereocenters. The number of halogens is 3. The third-order valence-corrected chi connectivity index (χ3v) is 3.18. The van der Waals surface area contributed by atoms with E-state index in [1.807, 2.05) is 30.3 Å². The number of hydrogen-bond donors (Lipinski definition) is 1. The predicted molar refractivity (Wildman–Crippen MR) is 72.1 cm³/mol. The Morgan fingerprint density at radius 3 is 2.43 bits per heavy atom. The predicted octanol–water partition coefficient (Wildman–Crippen LogP) is 3.62. The molecule has 6 heteroatoms. The molecule has 108 valence electrons.